The SMILES string of the molecule is Cc1ncc(C(N)c2cccc(C(F)(F)F)c2)s1. The molecule has 2 nitrogen and oxygen atoms in total. The maximum absolute atomic E-state index is 12.6. The molecule has 0 saturated heterocycles. The molecule has 96 valence electrons. The van der Waals surface area contributed by atoms with E-state index in [9.17, 15) is 13.2 Å². The van der Waals surface area contributed by atoms with Crippen LogP contribution < -0.4 is 5.73 Å². The molecule has 0 aliphatic rings. The van der Waals surface area contributed by atoms with E-state index in [4.69, 9.17) is 5.73 Å². The van der Waals surface area contributed by atoms with Crippen LogP contribution in [0.5, 0.6) is 0 Å². The largest absolute Gasteiger partial charge is 0.416 e. The fourth-order valence-corrected chi connectivity index (χ4v) is 2.41. The van der Waals surface area contributed by atoms with Gasteiger partial charge in [0.05, 0.1) is 16.6 Å². The van der Waals surface area contributed by atoms with E-state index in [0.717, 1.165) is 22.0 Å². The third kappa shape index (κ3) is 2.70. The van der Waals surface area contributed by atoms with Crippen molar-refractivity contribution < 1.29 is 13.2 Å². The van der Waals surface area contributed by atoms with E-state index in [1.165, 1.54) is 17.4 Å². The number of nitrogens with zero attached hydrogens (tertiary/aromatic N) is 1. The molecule has 0 amide bonds. The van der Waals surface area contributed by atoms with E-state index in [1.54, 1.807) is 12.3 Å². The van der Waals surface area contributed by atoms with Crippen molar-refractivity contribution in [2.45, 2.75) is 19.1 Å². The van der Waals surface area contributed by atoms with Crippen molar-refractivity contribution in [3.05, 3.63) is 51.5 Å². The molecule has 1 aromatic heterocycles. The molecular weight excluding hydrogens is 261 g/mol. The molecule has 2 aromatic rings. The Balaban J connectivity index is 2.34. The van der Waals surface area contributed by atoms with Gasteiger partial charge in [-0.15, -0.1) is 11.3 Å². The second-order valence-corrected chi connectivity index (χ2v) is 5.15. The number of halogens is 3. The van der Waals surface area contributed by atoms with E-state index in [0.29, 0.717) is 5.56 Å². The van der Waals surface area contributed by atoms with Gasteiger partial charge in [0.15, 0.2) is 0 Å². The van der Waals surface area contributed by atoms with Crippen molar-refractivity contribution >= 4 is 11.3 Å². The van der Waals surface area contributed by atoms with Crippen molar-refractivity contribution in [1.82, 2.24) is 4.98 Å². The molecule has 6 heteroatoms. The number of thiazole rings is 1. The van der Waals surface area contributed by atoms with Crippen LogP contribution in [0.2, 0.25) is 0 Å². The summed E-state index contributed by atoms with van der Waals surface area (Å²) in [6, 6.07) is 4.51. The lowest BCUT2D eigenvalue weighted by molar-refractivity contribution is -0.137. The quantitative estimate of drug-likeness (QED) is 0.908. The van der Waals surface area contributed by atoms with Crippen molar-refractivity contribution in [2.24, 2.45) is 5.73 Å². The van der Waals surface area contributed by atoms with Gasteiger partial charge in [-0.05, 0) is 24.6 Å². The normalized spacial score (nSPS) is 13.6. The number of rotatable bonds is 2. The maximum Gasteiger partial charge on any atom is 0.416 e. The van der Waals surface area contributed by atoms with Crippen LogP contribution in [0, 0.1) is 6.92 Å². The van der Waals surface area contributed by atoms with Gasteiger partial charge in [-0.2, -0.15) is 13.2 Å². The van der Waals surface area contributed by atoms with Crippen molar-refractivity contribution in [2.75, 3.05) is 0 Å². The van der Waals surface area contributed by atoms with Crippen LogP contribution in [0.3, 0.4) is 0 Å². The van der Waals surface area contributed by atoms with Gasteiger partial charge in [0.1, 0.15) is 0 Å². The second kappa shape index (κ2) is 4.70. The van der Waals surface area contributed by atoms with E-state index in [-0.39, 0.29) is 0 Å². The molecule has 0 radical (unpaired) electrons. The number of aryl methyl sites for hydroxylation is 1. The smallest absolute Gasteiger partial charge is 0.320 e. The molecule has 0 aliphatic heterocycles. The number of hydrogen-bond donors (Lipinski definition) is 1. The van der Waals surface area contributed by atoms with Crippen LogP contribution in [-0.4, -0.2) is 4.98 Å². The molecule has 0 bridgehead atoms. The summed E-state index contributed by atoms with van der Waals surface area (Å²) in [5.41, 5.74) is 5.70. The lowest BCUT2D eigenvalue weighted by Crippen LogP contribution is -2.12. The Bertz CT molecular complexity index is 548. The van der Waals surface area contributed by atoms with Gasteiger partial charge < -0.3 is 5.73 Å². The van der Waals surface area contributed by atoms with Crippen LogP contribution >= 0.6 is 11.3 Å². The molecule has 1 heterocycles. The fourth-order valence-electron chi connectivity index (χ4n) is 1.59. The minimum Gasteiger partial charge on any atom is -0.320 e. The average Bonchev–Trinajstić information content (AvgIpc) is 2.74. The molecule has 1 atom stereocenters. The minimum absolute atomic E-state index is 0.438. The highest BCUT2D eigenvalue weighted by atomic mass is 32.1. The van der Waals surface area contributed by atoms with Gasteiger partial charge in [-0.3, -0.25) is 0 Å². The van der Waals surface area contributed by atoms with Crippen molar-refractivity contribution in [1.29, 1.82) is 0 Å². The highest BCUT2D eigenvalue weighted by Crippen LogP contribution is 2.32. The Labute approximate surface area is 106 Å². The first-order valence-electron chi connectivity index (χ1n) is 5.23. The summed E-state index contributed by atoms with van der Waals surface area (Å²) in [6.07, 6.45) is -2.75. The fraction of sp³-hybridized carbons (Fsp3) is 0.250. The lowest BCUT2D eigenvalue weighted by atomic mass is 10.0. The molecule has 0 fully saturated rings. The summed E-state index contributed by atoms with van der Waals surface area (Å²) in [6.45, 7) is 1.83. The summed E-state index contributed by atoms with van der Waals surface area (Å²) in [7, 11) is 0. The first-order valence-corrected chi connectivity index (χ1v) is 6.04. The molecule has 0 saturated carbocycles. The van der Waals surface area contributed by atoms with E-state index < -0.39 is 17.8 Å². The molecule has 1 aromatic carbocycles. The molecule has 0 spiro atoms. The molecule has 0 aliphatic carbocycles. The third-order valence-corrected chi connectivity index (χ3v) is 3.51. The van der Waals surface area contributed by atoms with Crippen molar-refractivity contribution in [3.8, 4) is 0 Å². The molecule has 2 rings (SSSR count). The number of aromatic nitrogens is 1. The van der Waals surface area contributed by atoms with Gasteiger partial charge in [-0.25, -0.2) is 4.98 Å². The summed E-state index contributed by atoms with van der Waals surface area (Å²) < 4.78 is 37.8. The zero-order valence-corrected chi connectivity index (χ0v) is 10.3. The van der Waals surface area contributed by atoms with Crippen LogP contribution in [0.25, 0.3) is 0 Å². The number of nitrogens with two attached hydrogens (primary N) is 1. The number of hydrogen-bond acceptors (Lipinski definition) is 3. The summed E-state index contributed by atoms with van der Waals surface area (Å²) in [4.78, 5) is 4.81. The second-order valence-electron chi connectivity index (χ2n) is 3.88. The predicted molar refractivity (Wildman–Crippen MR) is 64.3 cm³/mol. The van der Waals surface area contributed by atoms with Gasteiger partial charge >= 0.3 is 6.18 Å². The summed E-state index contributed by atoms with van der Waals surface area (Å²) in [5, 5.41) is 0.840. The van der Waals surface area contributed by atoms with Crippen LogP contribution in [0.4, 0.5) is 13.2 Å². The van der Waals surface area contributed by atoms with Gasteiger partial charge in [0.2, 0.25) is 0 Å². The van der Waals surface area contributed by atoms with Gasteiger partial charge in [-0.1, -0.05) is 12.1 Å². The Kier molecular flexibility index (Phi) is 3.41. The van der Waals surface area contributed by atoms with Crippen LogP contribution in [0.15, 0.2) is 30.5 Å². The Morgan fingerprint density at radius 1 is 1.33 bits per heavy atom. The molecule has 1 unspecified atom stereocenters. The topological polar surface area (TPSA) is 38.9 Å². The van der Waals surface area contributed by atoms with Crippen molar-refractivity contribution in [3.63, 3.8) is 0 Å². The third-order valence-electron chi connectivity index (χ3n) is 2.52. The molecule has 2 N–H and O–H groups in total. The Hall–Kier alpha value is -1.40. The Morgan fingerprint density at radius 3 is 2.61 bits per heavy atom. The average molecular weight is 272 g/mol. The molecule has 18 heavy (non-hydrogen) atoms. The summed E-state index contributed by atoms with van der Waals surface area (Å²) >= 11 is 1.39. The number of alkyl halides is 3. The van der Waals surface area contributed by atoms with Crippen LogP contribution in [0.1, 0.15) is 27.1 Å². The standard InChI is InChI=1S/C12H11F3N2S/c1-7-17-6-10(18-7)11(16)8-3-2-4-9(5-8)12(13,14)15/h2-6,11H,16H2,1H3. The highest BCUT2D eigenvalue weighted by Gasteiger charge is 2.30. The first-order chi connectivity index (χ1) is 8.38. The van der Waals surface area contributed by atoms with Gasteiger partial charge in [0, 0.05) is 11.1 Å². The molecular formula is C12H11F3N2S. The highest BCUT2D eigenvalue weighted by molar-refractivity contribution is 7.11. The zero-order valence-electron chi connectivity index (χ0n) is 9.53. The first kappa shape index (κ1) is 13.0. The summed E-state index contributed by atoms with van der Waals surface area (Å²) in [5.74, 6) is 0. The lowest BCUT2D eigenvalue weighted by Gasteiger charge is -2.12. The number of benzene rings is 1. The van der Waals surface area contributed by atoms with E-state index in [1.807, 2.05) is 6.92 Å². The minimum atomic E-state index is -4.35. The maximum atomic E-state index is 12.6. The van der Waals surface area contributed by atoms with Crippen LogP contribution in [-0.2, 0) is 6.18 Å². The zero-order chi connectivity index (χ0) is 13.3. The van der Waals surface area contributed by atoms with Gasteiger partial charge in [0.25, 0.3) is 0 Å². The van der Waals surface area contributed by atoms with E-state index >= 15 is 0 Å². The Morgan fingerprint density at radius 2 is 2.06 bits per heavy atom. The van der Waals surface area contributed by atoms with E-state index in [2.05, 4.69) is 4.98 Å². The predicted octanol–water partition coefficient (Wildman–Crippen LogP) is 3.52. The monoisotopic (exact) mass is 272 g/mol.